The van der Waals surface area contributed by atoms with Gasteiger partial charge < -0.3 is 5.84 Å². The smallest absolute Gasteiger partial charge is 0.0831 e. The maximum absolute atomic E-state index is 4.96. The molecule has 0 saturated carbocycles. The number of hydrogen-bond acceptors (Lipinski definition) is 3. The Morgan fingerprint density at radius 1 is 1.88 bits per heavy atom. The average Bonchev–Trinajstić information content (AvgIpc) is 1.83. The molecule has 0 unspecified atom stereocenters. The van der Waals surface area contributed by atoms with Crippen LogP contribution in [0.1, 0.15) is 13.3 Å². The number of nitrogens with two attached hydrogens (primary N) is 1. The zero-order chi connectivity index (χ0) is 6.41. The van der Waals surface area contributed by atoms with Crippen LogP contribution in [0.15, 0.2) is 8.31 Å². The first-order chi connectivity index (χ1) is 3.85. The van der Waals surface area contributed by atoms with Crippen molar-refractivity contribution in [1.82, 2.24) is 0 Å². The molecule has 0 aromatic heterocycles. The van der Waals surface area contributed by atoms with Gasteiger partial charge in [0.1, 0.15) is 0 Å². The molecule has 0 atom stereocenters. The molecule has 0 amide bonds. The summed E-state index contributed by atoms with van der Waals surface area (Å²) in [5.74, 6) is 4.96. The van der Waals surface area contributed by atoms with E-state index in [2.05, 4.69) is 8.31 Å². The minimum Gasteiger partial charge on any atom is -0.323 e. The monoisotopic (exact) mass is 225 g/mol. The Kier molecular flexibility index (Phi) is 4.93. The van der Waals surface area contributed by atoms with E-state index in [1.165, 1.54) is 0 Å². The van der Waals surface area contributed by atoms with E-state index in [9.17, 15) is 0 Å². The molecule has 0 radical (unpaired) electrons. The predicted octanol–water partition coefficient (Wildman–Crippen LogP) is 1.13. The van der Waals surface area contributed by atoms with E-state index < -0.39 is 0 Å². The highest BCUT2D eigenvalue weighted by molar-refractivity contribution is 14.1. The first-order valence-electron chi connectivity index (χ1n) is 2.26. The molecule has 0 spiro atoms. The van der Waals surface area contributed by atoms with Crippen LogP contribution in [-0.2, 0) is 0 Å². The molecule has 8 heavy (non-hydrogen) atoms. The van der Waals surface area contributed by atoms with Gasteiger partial charge in [0.15, 0.2) is 0 Å². The van der Waals surface area contributed by atoms with Crippen molar-refractivity contribution in [3.05, 3.63) is 0 Å². The highest BCUT2D eigenvalue weighted by Gasteiger charge is 1.84. The third-order valence-electron chi connectivity index (χ3n) is 0.726. The lowest BCUT2D eigenvalue weighted by Crippen LogP contribution is -2.00. The van der Waals surface area contributed by atoms with Gasteiger partial charge in [0.25, 0.3) is 0 Å². The average molecular weight is 225 g/mol. The number of nitrogens with zero attached hydrogens (tertiary/aromatic N) is 2. The molecule has 0 saturated heterocycles. The van der Waals surface area contributed by atoms with Crippen molar-refractivity contribution in [3.63, 3.8) is 0 Å². The Bertz CT molecular complexity index is 105. The van der Waals surface area contributed by atoms with Gasteiger partial charge in [0.2, 0.25) is 0 Å². The highest BCUT2D eigenvalue weighted by atomic mass is 127. The Morgan fingerprint density at radius 2 is 2.50 bits per heavy atom. The van der Waals surface area contributed by atoms with Crippen molar-refractivity contribution >= 4 is 34.8 Å². The van der Waals surface area contributed by atoms with Gasteiger partial charge in [-0.05, 0) is 6.42 Å². The molecule has 0 aromatic carbocycles. The van der Waals surface area contributed by atoms with Gasteiger partial charge >= 0.3 is 0 Å². The van der Waals surface area contributed by atoms with Crippen molar-refractivity contribution < 1.29 is 0 Å². The molecule has 46 valence electrons. The van der Waals surface area contributed by atoms with Gasteiger partial charge in [-0.1, -0.05) is 6.92 Å². The zero-order valence-electron chi connectivity index (χ0n) is 4.63. The molecular formula is C4H8IN3. The fourth-order valence-corrected chi connectivity index (χ4v) is 0.594. The van der Waals surface area contributed by atoms with Crippen LogP contribution in [0, 0.1) is 0 Å². The topological polar surface area (TPSA) is 50.7 Å². The van der Waals surface area contributed by atoms with E-state index in [4.69, 9.17) is 5.84 Å². The summed E-state index contributed by atoms with van der Waals surface area (Å²) in [5, 5.41) is 3.46. The summed E-state index contributed by atoms with van der Waals surface area (Å²) in [7, 11) is 0. The van der Waals surface area contributed by atoms with Crippen molar-refractivity contribution in [2.45, 2.75) is 13.3 Å². The standard InChI is InChI=1S/C4H8IN3/c1-2-4(8-6)3-7-5/h3H,2,6H2,1H3/b7-3-,8-4-. The van der Waals surface area contributed by atoms with Crippen molar-refractivity contribution in [2.24, 2.45) is 14.1 Å². The van der Waals surface area contributed by atoms with Crippen LogP contribution in [0.4, 0.5) is 0 Å². The van der Waals surface area contributed by atoms with E-state index in [0.29, 0.717) is 0 Å². The Balaban J connectivity index is 3.72. The maximum atomic E-state index is 4.96. The van der Waals surface area contributed by atoms with Gasteiger partial charge in [0, 0.05) is 0 Å². The van der Waals surface area contributed by atoms with Crippen LogP contribution in [-0.4, -0.2) is 11.9 Å². The van der Waals surface area contributed by atoms with E-state index in [1.807, 2.05) is 29.8 Å². The molecule has 0 rings (SSSR count). The third kappa shape index (κ3) is 2.95. The number of hydrazone groups is 1. The van der Waals surface area contributed by atoms with Crippen LogP contribution in [0.25, 0.3) is 0 Å². The van der Waals surface area contributed by atoms with Gasteiger partial charge in [-0.3, -0.25) is 0 Å². The lowest BCUT2D eigenvalue weighted by atomic mass is 10.3. The van der Waals surface area contributed by atoms with E-state index in [-0.39, 0.29) is 0 Å². The summed E-state index contributed by atoms with van der Waals surface area (Å²) in [4.78, 5) is 0. The number of hydrogen-bond donors (Lipinski definition) is 1. The zero-order valence-corrected chi connectivity index (χ0v) is 6.79. The van der Waals surface area contributed by atoms with Crippen LogP contribution in [0.3, 0.4) is 0 Å². The van der Waals surface area contributed by atoms with E-state index in [0.717, 1.165) is 12.1 Å². The summed E-state index contributed by atoms with van der Waals surface area (Å²) in [6.45, 7) is 1.98. The van der Waals surface area contributed by atoms with Crippen LogP contribution in [0.2, 0.25) is 0 Å². The minimum atomic E-state index is 0.819. The second-order valence-corrected chi connectivity index (χ2v) is 1.76. The van der Waals surface area contributed by atoms with Crippen molar-refractivity contribution in [2.75, 3.05) is 0 Å². The Hall–Kier alpha value is -0.130. The SMILES string of the molecule is CCC(/C=N\I)=N/N. The molecule has 0 bridgehead atoms. The lowest BCUT2D eigenvalue weighted by molar-refractivity contribution is 1.19. The molecule has 3 nitrogen and oxygen atoms in total. The second kappa shape index (κ2) is 5.02. The van der Waals surface area contributed by atoms with Gasteiger partial charge in [-0.15, -0.1) is 0 Å². The third-order valence-corrected chi connectivity index (χ3v) is 1.00. The fraction of sp³-hybridized carbons (Fsp3) is 0.500. The summed E-state index contributed by atoms with van der Waals surface area (Å²) < 4.78 is 3.71. The lowest BCUT2D eigenvalue weighted by Gasteiger charge is -1.86. The first-order valence-corrected chi connectivity index (χ1v) is 3.22. The number of rotatable bonds is 2. The molecule has 2 N–H and O–H groups in total. The molecule has 0 aliphatic carbocycles. The molecular weight excluding hydrogens is 217 g/mol. The summed E-state index contributed by atoms with van der Waals surface area (Å²) in [5.41, 5.74) is 0.819. The van der Waals surface area contributed by atoms with Crippen molar-refractivity contribution in [1.29, 1.82) is 0 Å². The van der Waals surface area contributed by atoms with E-state index >= 15 is 0 Å². The quantitative estimate of drug-likeness (QED) is 0.325. The molecule has 0 fully saturated rings. The predicted molar refractivity (Wildman–Crippen MR) is 44.4 cm³/mol. The molecule has 0 aromatic rings. The molecule has 4 heteroatoms. The first kappa shape index (κ1) is 7.87. The van der Waals surface area contributed by atoms with Crippen LogP contribution >= 0.6 is 22.9 Å². The summed E-state index contributed by atoms with van der Waals surface area (Å²) >= 11 is 1.88. The van der Waals surface area contributed by atoms with Crippen molar-refractivity contribution in [3.8, 4) is 0 Å². The molecule has 0 aliphatic heterocycles. The highest BCUT2D eigenvalue weighted by Crippen LogP contribution is 1.83. The normalized spacial score (nSPS) is 13.0. The molecule has 0 heterocycles. The largest absolute Gasteiger partial charge is 0.323 e. The number of halogens is 1. The Morgan fingerprint density at radius 3 is 2.62 bits per heavy atom. The second-order valence-electron chi connectivity index (χ2n) is 1.20. The summed E-state index contributed by atoms with van der Waals surface area (Å²) in [6, 6.07) is 0. The maximum Gasteiger partial charge on any atom is 0.0831 e. The minimum absolute atomic E-state index is 0.819. The van der Waals surface area contributed by atoms with Crippen LogP contribution in [0.5, 0.6) is 0 Å². The van der Waals surface area contributed by atoms with E-state index in [1.54, 1.807) is 6.21 Å². The fourth-order valence-electron chi connectivity index (χ4n) is 0.272. The van der Waals surface area contributed by atoms with Gasteiger partial charge in [-0.25, -0.2) is 3.21 Å². The van der Waals surface area contributed by atoms with Gasteiger partial charge in [0.05, 0.1) is 34.8 Å². The summed E-state index contributed by atoms with van der Waals surface area (Å²) in [6.07, 6.45) is 2.48. The van der Waals surface area contributed by atoms with Gasteiger partial charge in [-0.2, -0.15) is 5.10 Å². The van der Waals surface area contributed by atoms with Crippen LogP contribution < -0.4 is 5.84 Å². The molecule has 0 aliphatic rings. The Labute approximate surface area is 62.6 Å².